The number of hydrogen-bond donors (Lipinski definition) is 1. The third kappa shape index (κ3) is 7.31. The van der Waals surface area contributed by atoms with Crippen LogP contribution >= 0.6 is 0 Å². The van der Waals surface area contributed by atoms with Crippen LogP contribution in [-0.2, 0) is 4.74 Å². The number of aliphatic hydroxyl groups excluding tert-OH is 1. The Hall–Kier alpha value is -0.590. The van der Waals surface area contributed by atoms with Gasteiger partial charge in [-0.1, -0.05) is 13.3 Å². The highest BCUT2D eigenvalue weighted by Crippen LogP contribution is 1.93. The fraction of sp³-hybridized carbons (Fsp3) is 0.875. The predicted octanol–water partition coefficient (Wildman–Crippen LogP) is 1.08. The van der Waals surface area contributed by atoms with E-state index in [1.54, 1.807) is 0 Å². The summed E-state index contributed by atoms with van der Waals surface area (Å²) in [6.45, 7) is 3.04. The van der Waals surface area contributed by atoms with Crippen LogP contribution in [0, 0.1) is 11.3 Å². The van der Waals surface area contributed by atoms with Crippen LogP contribution in [0.15, 0.2) is 0 Å². The Morgan fingerprint density at radius 1 is 1.64 bits per heavy atom. The van der Waals surface area contributed by atoms with Crippen molar-refractivity contribution in [3.05, 3.63) is 0 Å². The summed E-state index contributed by atoms with van der Waals surface area (Å²) in [6, 6.07) is 1.88. The molecule has 64 valence electrons. The van der Waals surface area contributed by atoms with Crippen LogP contribution in [0.5, 0.6) is 0 Å². The maximum atomic E-state index is 9.00. The van der Waals surface area contributed by atoms with Crippen LogP contribution in [-0.4, -0.2) is 24.4 Å². The maximum Gasteiger partial charge on any atom is 0.0903 e. The van der Waals surface area contributed by atoms with Crippen molar-refractivity contribution >= 4 is 0 Å². The first kappa shape index (κ1) is 10.4. The molecule has 0 aliphatic heterocycles. The molecule has 0 saturated heterocycles. The van der Waals surface area contributed by atoms with Gasteiger partial charge in [0.15, 0.2) is 0 Å². The zero-order valence-electron chi connectivity index (χ0n) is 6.92. The monoisotopic (exact) mass is 157 g/mol. The van der Waals surface area contributed by atoms with E-state index in [2.05, 4.69) is 6.92 Å². The summed E-state index contributed by atoms with van der Waals surface area (Å²) in [4.78, 5) is 0. The molecular weight excluding hydrogens is 142 g/mol. The van der Waals surface area contributed by atoms with E-state index in [9.17, 15) is 0 Å². The molecule has 0 rings (SSSR count). The molecule has 0 radical (unpaired) electrons. The van der Waals surface area contributed by atoms with Gasteiger partial charge in [-0.2, -0.15) is 5.26 Å². The van der Waals surface area contributed by atoms with E-state index >= 15 is 0 Å². The van der Waals surface area contributed by atoms with Crippen molar-refractivity contribution in [3.8, 4) is 6.07 Å². The summed E-state index contributed by atoms with van der Waals surface area (Å²) in [6.07, 6.45) is 1.65. The zero-order chi connectivity index (χ0) is 8.53. The number of ether oxygens (including phenoxy) is 1. The molecule has 0 spiro atoms. The fourth-order valence-electron chi connectivity index (χ4n) is 0.630. The molecule has 0 aromatic heterocycles. The number of rotatable bonds is 6. The van der Waals surface area contributed by atoms with Crippen LogP contribution in [0.4, 0.5) is 0 Å². The Morgan fingerprint density at radius 3 is 2.91 bits per heavy atom. The SMILES string of the molecule is CCCCOCC(O)CC#N. The first-order chi connectivity index (χ1) is 5.31. The first-order valence-corrected chi connectivity index (χ1v) is 3.94. The lowest BCUT2D eigenvalue weighted by atomic mass is 10.3. The van der Waals surface area contributed by atoms with Gasteiger partial charge >= 0.3 is 0 Å². The van der Waals surface area contributed by atoms with Crippen molar-refractivity contribution in [3.63, 3.8) is 0 Å². The topological polar surface area (TPSA) is 53.2 Å². The predicted molar refractivity (Wildman–Crippen MR) is 42.0 cm³/mol. The van der Waals surface area contributed by atoms with E-state index in [-0.39, 0.29) is 13.0 Å². The molecule has 0 aromatic carbocycles. The summed E-state index contributed by atoms with van der Waals surface area (Å²) >= 11 is 0. The van der Waals surface area contributed by atoms with E-state index in [0.29, 0.717) is 6.61 Å². The van der Waals surface area contributed by atoms with E-state index < -0.39 is 6.10 Å². The molecule has 0 bridgehead atoms. The smallest absolute Gasteiger partial charge is 0.0903 e. The molecule has 1 N–H and O–H groups in total. The average Bonchev–Trinajstić information content (AvgIpc) is 1.99. The lowest BCUT2D eigenvalue weighted by molar-refractivity contribution is 0.0381. The highest BCUT2D eigenvalue weighted by Gasteiger charge is 2.01. The van der Waals surface area contributed by atoms with E-state index in [1.807, 2.05) is 6.07 Å². The third-order valence-electron chi connectivity index (χ3n) is 1.28. The standard InChI is InChI=1S/C8H15NO2/c1-2-3-6-11-7-8(10)4-5-9/h8,10H,2-4,6-7H2,1H3. The molecule has 0 heterocycles. The van der Waals surface area contributed by atoms with Crippen molar-refractivity contribution in [1.82, 2.24) is 0 Å². The lowest BCUT2D eigenvalue weighted by Crippen LogP contribution is -2.14. The molecule has 0 saturated carbocycles. The van der Waals surface area contributed by atoms with Crippen LogP contribution in [0.1, 0.15) is 26.2 Å². The molecule has 0 aliphatic carbocycles. The highest BCUT2D eigenvalue weighted by atomic mass is 16.5. The number of aliphatic hydroxyl groups is 1. The van der Waals surface area contributed by atoms with Gasteiger partial charge in [-0.05, 0) is 6.42 Å². The highest BCUT2D eigenvalue weighted by molar-refractivity contribution is 4.74. The summed E-state index contributed by atoms with van der Waals surface area (Å²) in [5, 5.41) is 17.2. The van der Waals surface area contributed by atoms with Crippen molar-refractivity contribution in [2.45, 2.75) is 32.3 Å². The van der Waals surface area contributed by atoms with Crippen molar-refractivity contribution in [2.24, 2.45) is 0 Å². The van der Waals surface area contributed by atoms with Gasteiger partial charge in [-0.3, -0.25) is 0 Å². The maximum absolute atomic E-state index is 9.00. The van der Waals surface area contributed by atoms with E-state index in [0.717, 1.165) is 12.8 Å². The second-order valence-electron chi connectivity index (χ2n) is 2.44. The van der Waals surface area contributed by atoms with Gasteiger partial charge in [-0.15, -0.1) is 0 Å². The van der Waals surface area contributed by atoms with Crippen LogP contribution in [0.25, 0.3) is 0 Å². The second kappa shape index (κ2) is 7.52. The van der Waals surface area contributed by atoms with Crippen LogP contribution < -0.4 is 0 Å². The molecule has 0 fully saturated rings. The van der Waals surface area contributed by atoms with E-state index in [4.69, 9.17) is 15.1 Å². The van der Waals surface area contributed by atoms with Crippen molar-refractivity contribution in [1.29, 1.82) is 5.26 Å². The quantitative estimate of drug-likeness (QED) is 0.587. The fourth-order valence-corrected chi connectivity index (χ4v) is 0.630. The minimum Gasteiger partial charge on any atom is -0.390 e. The third-order valence-corrected chi connectivity index (χ3v) is 1.28. The summed E-state index contributed by atoms with van der Waals surface area (Å²) in [5.41, 5.74) is 0. The molecule has 0 aromatic rings. The molecule has 11 heavy (non-hydrogen) atoms. The summed E-state index contributed by atoms with van der Waals surface area (Å²) in [5.74, 6) is 0. The zero-order valence-corrected chi connectivity index (χ0v) is 6.92. The van der Waals surface area contributed by atoms with Gasteiger partial charge < -0.3 is 9.84 Å². The Balaban J connectivity index is 3.05. The molecule has 3 heteroatoms. The Kier molecular flexibility index (Phi) is 7.11. The molecule has 0 aliphatic rings. The summed E-state index contributed by atoms with van der Waals surface area (Å²) < 4.78 is 5.09. The normalized spacial score (nSPS) is 12.5. The summed E-state index contributed by atoms with van der Waals surface area (Å²) in [7, 11) is 0. The number of unbranched alkanes of at least 4 members (excludes halogenated alkanes) is 1. The molecular formula is C8H15NO2. The number of hydrogen-bond acceptors (Lipinski definition) is 3. The van der Waals surface area contributed by atoms with Crippen LogP contribution in [0.3, 0.4) is 0 Å². The van der Waals surface area contributed by atoms with Gasteiger partial charge in [0.1, 0.15) is 0 Å². The molecule has 3 nitrogen and oxygen atoms in total. The van der Waals surface area contributed by atoms with Gasteiger partial charge in [0.2, 0.25) is 0 Å². The first-order valence-electron chi connectivity index (χ1n) is 3.94. The van der Waals surface area contributed by atoms with E-state index in [1.165, 1.54) is 0 Å². The van der Waals surface area contributed by atoms with Gasteiger partial charge in [0, 0.05) is 6.61 Å². The Morgan fingerprint density at radius 2 is 2.36 bits per heavy atom. The van der Waals surface area contributed by atoms with Crippen LogP contribution in [0.2, 0.25) is 0 Å². The van der Waals surface area contributed by atoms with Gasteiger partial charge in [0.25, 0.3) is 0 Å². The molecule has 0 amide bonds. The molecule has 1 atom stereocenters. The second-order valence-corrected chi connectivity index (χ2v) is 2.44. The molecule has 1 unspecified atom stereocenters. The van der Waals surface area contributed by atoms with Gasteiger partial charge in [0.05, 0.1) is 25.2 Å². The lowest BCUT2D eigenvalue weighted by Gasteiger charge is -2.06. The Bertz CT molecular complexity index is 120. The van der Waals surface area contributed by atoms with Crippen molar-refractivity contribution in [2.75, 3.05) is 13.2 Å². The average molecular weight is 157 g/mol. The minimum absolute atomic E-state index is 0.159. The Labute approximate surface area is 67.6 Å². The van der Waals surface area contributed by atoms with Gasteiger partial charge in [-0.25, -0.2) is 0 Å². The minimum atomic E-state index is -0.614. The largest absolute Gasteiger partial charge is 0.390 e. The van der Waals surface area contributed by atoms with Crippen molar-refractivity contribution < 1.29 is 9.84 Å². The number of nitrogens with zero attached hydrogens (tertiary/aromatic N) is 1. The number of nitriles is 1.